The van der Waals surface area contributed by atoms with Crippen LogP contribution in [-0.2, 0) is 20.7 Å². The average Bonchev–Trinajstić information content (AvgIpc) is 2.79. The maximum absolute atomic E-state index is 11.4. The monoisotopic (exact) mass is 223 g/mol. The van der Waals surface area contributed by atoms with Gasteiger partial charge in [-0.15, -0.1) is 0 Å². The van der Waals surface area contributed by atoms with Gasteiger partial charge in [0.15, 0.2) is 0 Å². The van der Waals surface area contributed by atoms with Crippen molar-refractivity contribution in [3.05, 3.63) is 30.9 Å². The third-order valence-electron chi connectivity index (χ3n) is 1.96. The SMILES string of the molecule is C=CC(=O)NC(Cc1c[nH]cn1)C(=O)OC. The normalized spacial score (nSPS) is 11.6. The fourth-order valence-electron chi connectivity index (χ4n) is 1.18. The van der Waals surface area contributed by atoms with Gasteiger partial charge in [-0.1, -0.05) is 6.58 Å². The standard InChI is InChI=1S/C10H13N3O3/c1-3-9(14)13-8(10(15)16-2)4-7-5-11-6-12-7/h3,5-6,8H,1,4H2,2H3,(H,11,12)(H,13,14). The molecule has 6 nitrogen and oxygen atoms in total. The minimum atomic E-state index is -0.751. The molecule has 0 saturated heterocycles. The molecule has 2 N–H and O–H groups in total. The fraction of sp³-hybridized carbons (Fsp3) is 0.300. The van der Waals surface area contributed by atoms with E-state index in [4.69, 9.17) is 0 Å². The van der Waals surface area contributed by atoms with Crippen LogP contribution in [0, 0.1) is 0 Å². The number of nitrogens with zero attached hydrogens (tertiary/aromatic N) is 1. The van der Waals surface area contributed by atoms with Crippen LogP contribution in [0.1, 0.15) is 5.69 Å². The van der Waals surface area contributed by atoms with Crippen LogP contribution in [0.3, 0.4) is 0 Å². The lowest BCUT2D eigenvalue weighted by Gasteiger charge is -2.13. The van der Waals surface area contributed by atoms with Gasteiger partial charge >= 0.3 is 5.97 Å². The van der Waals surface area contributed by atoms with Crippen molar-refractivity contribution < 1.29 is 14.3 Å². The van der Waals surface area contributed by atoms with Gasteiger partial charge < -0.3 is 15.0 Å². The number of esters is 1. The Hall–Kier alpha value is -2.11. The molecule has 6 heteroatoms. The summed E-state index contributed by atoms with van der Waals surface area (Å²) < 4.78 is 4.58. The number of H-pyrrole nitrogens is 1. The number of nitrogens with one attached hydrogen (secondary N) is 2. The largest absolute Gasteiger partial charge is 0.467 e. The number of ether oxygens (including phenoxy) is 1. The molecule has 1 aromatic rings. The molecule has 1 heterocycles. The van der Waals surface area contributed by atoms with Crippen LogP contribution in [0.25, 0.3) is 0 Å². The van der Waals surface area contributed by atoms with E-state index in [1.165, 1.54) is 13.4 Å². The number of rotatable bonds is 5. The smallest absolute Gasteiger partial charge is 0.328 e. The molecular formula is C10H13N3O3. The maximum atomic E-state index is 11.4. The van der Waals surface area contributed by atoms with Crippen LogP contribution in [-0.4, -0.2) is 35.0 Å². The Labute approximate surface area is 92.7 Å². The van der Waals surface area contributed by atoms with Gasteiger partial charge in [-0.25, -0.2) is 9.78 Å². The zero-order valence-electron chi connectivity index (χ0n) is 8.90. The van der Waals surface area contributed by atoms with Crippen molar-refractivity contribution in [1.29, 1.82) is 0 Å². The Morgan fingerprint density at radius 2 is 2.50 bits per heavy atom. The summed E-state index contributed by atoms with van der Waals surface area (Å²) >= 11 is 0. The number of aromatic nitrogens is 2. The molecule has 0 fully saturated rings. The molecule has 1 amide bonds. The topological polar surface area (TPSA) is 84.1 Å². The van der Waals surface area contributed by atoms with Crippen molar-refractivity contribution in [3.63, 3.8) is 0 Å². The average molecular weight is 223 g/mol. The number of hydrogen-bond acceptors (Lipinski definition) is 4. The van der Waals surface area contributed by atoms with Crippen molar-refractivity contribution in [3.8, 4) is 0 Å². The molecule has 1 atom stereocenters. The van der Waals surface area contributed by atoms with E-state index < -0.39 is 17.9 Å². The summed E-state index contributed by atoms with van der Waals surface area (Å²) in [4.78, 5) is 29.2. The van der Waals surface area contributed by atoms with Crippen LogP contribution >= 0.6 is 0 Å². The molecule has 0 aliphatic heterocycles. The summed E-state index contributed by atoms with van der Waals surface area (Å²) in [5.74, 6) is -0.941. The Morgan fingerprint density at radius 1 is 1.75 bits per heavy atom. The molecule has 0 aliphatic carbocycles. The molecule has 1 aromatic heterocycles. The molecule has 0 spiro atoms. The van der Waals surface area contributed by atoms with Crippen molar-refractivity contribution in [1.82, 2.24) is 15.3 Å². The highest BCUT2D eigenvalue weighted by atomic mass is 16.5. The first-order valence-electron chi connectivity index (χ1n) is 4.65. The lowest BCUT2D eigenvalue weighted by molar-refractivity contribution is -0.144. The summed E-state index contributed by atoms with van der Waals surface area (Å²) in [5.41, 5.74) is 0.666. The zero-order valence-corrected chi connectivity index (χ0v) is 8.90. The number of aromatic amines is 1. The van der Waals surface area contributed by atoms with Crippen LogP contribution in [0.4, 0.5) is 0 Å². The molecular weight excluding hydrogens is 210 g/mol. The number of carbonyl (C=O) groups excluding carboxylic acids is 2. The van der Waals surface area contributed by atoms with E-state index >= 15 is 0 Å². The zero-order chi connectivity index (χ0) is 12.0. The summed E-state index contributed by atoms with van der Waals surface area (Å²) in [6.07, 6.45) is 4.52. The van der Waals surface area contributed by atoms with Crippen LogP contribution < -0.4 is 5.32 Å². The van der Waals surface area contributed by atoms with Gasteiger partial charge in [0.1, 0.15) is 6.04 Å². The molecule has 0 bridgehead atoms. The highest BCUT2D eigenvalue weighted by Crippen LogP contribution is 2.00. The first kappa shape index (κ1) is 12.0. The minimum Gasteiger partial charge on any atom is -0.467 e. The van der Waals surface area contributed by atoms with E-state index in [0.29, 0.717) is 5.69 Å². The van der Waals surface area contributed by atoms with E-state index in [2.05, 4.69) is 26.6 Å². The molecule has 16 heavy (non-hydrogen) atoms. The predicted molar refractivity (Wildman–Crippen MR) is 56.4 cm³/mol. The highest BCUT2D eigenvalue weighted by molar-refractivity contribution is 5.91. The second-order valence-electron chi connectivity index (χ2n) is 3.05. The highest BCUT2D eigenvalue weighted by Gasteiger charge is 2.21. The number of methoxy groups -OCH3 is 1. The van der Waals surface area contributed by atoms with Gasteiger partial charge in [-0.3, -0.25) is 4.79 Å². The number of hydrogen-bond donors (Lipinski definition) is 2. The molecule has 0 radical (unpaired) electrons. The third kappa shape index (κ3) is 3.23. The van der Waals surface area contributed by atoms with E-state index in [1.54, 1.807) is 6.20 Å². The third-order valence-corrected chi connectivity index (χ3v) is 1.96. The Bertz CT molecular complexity index is 373. The summed E-state index contributed by atoms with van der Waals surface area (Å²) in [5, 5.41) is 2.47. The van der Waals surface area contributed by atoms with Crippen LogP contribution in [0.2, 0.25) is 0 Å². The summed E-state index contributed by atoms with van der Waals surface area (Å²) in [6, 6.07) is -0.751. The van der Waals surface area contributed by atoms with Gasteiger partial charge in [-0.2, -0.15) is 0 Å². The van der Waals surface area contributed by atoms with Gasteiger partial charge in [0.05, 0.1) is 19.1 Å². The second kappa shape index (κ2) is 5.69. The predicted octanol–water partition coefficient (Wildman–Crippen LogP) is -0.204. The molecule has 86 valence electrons. The molecule has 0 aromatic carbocycles. The van der Waals surface area contributed by atoms with Gasteiger partial charge in [0, 0.05) is 12.6 Å². The molecule has 1 unspecified atom stereocenters. The van der Waals surface area contributed by atoms with Crippen LogP contribution in [0.5, 0.6) is 0 Å². The van der Waals surface area contributed by atoms with E-state index in [1.807, 2.05) is 0 Å². The van der Waals surface area contributed by atoms with Crippen molar-refractivity contribution in [2.24, 2.45) is 0 Å². The van der Waals surface area contributed by atoms with E-state index in [9.17, 15) is 9.59 Å². The lowest BCUT2D eigenvalue weighted by atomic mass is 10.1. The number of amides is 1. The molecule has 1 rings (SSSR count). The van der Waals surface area contributed by atoms with Gasteiger partial charge in [0.25, 0.3) is 0 Å². The Morgan fingerprint density at radius 3 is 3.00 bits per heavy atom. The van der Waals surface area contributed by atoms with Crippen molar-refractivity contribution in [2.75, 3.05) is 7.11 Å². The number of carbonyl (C=O) groups is 2. The minimum absolute atomic E-state index is 0.274. The maximum Gasteiger partial charge on any atom is 0.328 e. The first-order valence-corrected chi connectivity index (χ1v) is 4.65. The molecule has 0 aliphatic rings. The summed E-state index contributed by atoms with van der Waals surface area (Å²) in [6.45, 7) is 3.31. The van der Waals surface area contributed by atoms with Gasteiger partial charge in [0.2, 0.25) is 5.91 Å². The second-order valence-corrected chi connectivity index (χ2v) is 3.05. The first-order chi connectivity index (χ1) is 7.67. The number of imidazole rings is 1. The lowest BCUT2D eigenvalue weighted by Crippen LogP contribution is -2.42. The quantitative estimate of drug-likeness (QED) is 0.534. The van der Waals surface area contributed by atoms with E-state index in [-0.39, 0.29) is 6.42 Å². The summed E-state index contributed by atoms with van der Waals surface area (Å²) in [7, 11) is 1.26. The van der Waals surface area contributed by atoms with Crippen molar-refractivity contribution in [2.45, 2.75) is 12.5 Å². The van der Waals surface area contributed by atoms with E-state index in [0.717, 1.165) is 6.08 Å². The van der Waals surface area contributed by atoms with Crippen LogP contribution in [0.15, 0.2) is 25.2 Å². The van der Waals surface area contributed by atoms with Crippen molar-refractivity contribution >= 4 is 11.9 Å². The fourth-order valence-corrected chi connectivity index (χ4v) is 1.18. The van der Waals surface area contributed by atoms with Gasteiger partial charge in [-0.05, 0) is 6.08 Å². The Kier molecular flexibility index (Phi) is 4.26. The molecule has 0 saturated carbocycles. The Balaban J connectivity index is 2.67.